The van der Waals surface area contributed by atoms with Gasteiger partial charge in [-0.15, -0.1) is 11.3 Å². The van der Waals surface area contributed by atoms with Crippen LogP contribution in [0.2, 0.25) is 5.02 Å². The Labute approximate surface area is 207 Å². The summed E-state index contributed by atoms with van der Waals surface area (Å²) in [5.41, 5.74) is 1.23. The Hall–Kier alpha value is -3.14. The molecule has 0 aliphatic carbocycles. The molecule has 8 nitrogen and oxygen atoms in total. The summed E-state index contributed by atoms with van der Waals surface area (Å²) >= 11 is 7.39. The van der Waals surface area contributed by atoms with Crippen LogP contribution in [0.15, 0.2) is 60.0 Å². The zero-order valence-corrected chi connectivity index (χ0v) is 20.1. The largest absolute Gasteiger partial charge is 0.492 e. The highest BCUT2D eigenvalue weighted by Crippen LogP contribution is 2.24. The van der Waals surface area contributed by atoms with Gasteiger partial charge in [0, 0.05) is 42.3 Å². The number of nitrogens with one attached hydrogen (secondary N) is 2. The van der Waals surface area contributed by atoms with Crippen molar-refractivity contribution in [1.29, 1.82) is 0 Å². The normalized spacial score (nSPS) is 14.0. The number of thiazole rings is 1. The molecular weight excluding hydrogens is 474 g/mol. The first-order valence-corrected chi connectivity index (χ1v) is 12.3. The molecule has 2 aromatic carbocycles. The summed E-state index contributed by atoms with van der Waals surface area (Å²) in [4.78, 5) is 33.3. The zero-order chi connectivity index (χ0) is 23.8. The van der Waals surface area contributed by atoms with E-state index in [-0.39, 0.29) is 11.8 Å². The van der Waals surface area contributed by atoms with Crippen LogP contribution < -0.4 is 15.4 Å². The third-order valence-corrected chi connectivity index (χ3v) is 6.25. The van der Waals surface area contributed by atoms with Gasteiger partial charge in [0.25, 0.3) is 5.91 Å². The number of hydrogen-bond donors (Lipinski definition) is 2. The molecule has 1 aromatic heterocycles. The summed E-state index contributed by atoms with van der Waals surface area (Å²) < 4.78 is 5.58. The van der Waals surface area contributed by atoms with E-state index in [4.69, 9.17) is 16.3 Å². The third-order valence-electron chi connectivity index (χ3n) is 5.26. The molecule has 0 spiro atoms. The number of anilines is 2. The van der Waals surface area contributed by atoms with Crippen molar-refractivity contribution >= 4 is 45.6 Å². The molecule has 1 saturated heterocycles. The Kier molecular flexibility index (Phi) is 8.35. The first-order valence-electron chi connectivity index (χ1n) is 11.0. The van der Waals surface area contributed by atoms with Gasteiger partial charge in [0.2, 0.25) is 5.91 Å². The van der Waals surface area contributed by atoms with E-state index in [0.29, 0.717) is 61.7 Å². The SMILES string of the molecule is O=C(CN1CCN(C(=O)c2csc(Nc3cccc(Cl)c3)n2)CC1)NCCOc1ccccc1. The van der Waals surface area contributed by atoms with Crippen molar-refractivity contribution in [2.45, 2.75) is 0 Å². The van der Waals surface area contributed by atoms with Gasteiger partial charge in [0.05, 0.1) is 13.1 Å². The Morgan fingerprint density at radius 2 is 1.85 bits per heavy atom. The molecule has 178 valence electrons. The fourth-order valence-electron chi connectivity index (χ4n) is 3.53. The Balaban J connectivity index is 1.17. The summed E-state index contributed by atoms with van der Waals surface area (Å²) in [6.07, 6.45) is 0. The lowest BCUT2D eigenvalue weighted by atomic mass is 10.3. The van der Waals surface area contributed by atoms with Crippen LogP contribution in [0.3, 0.4) is 0 Å². The molecule has 1 aliphatic rings. The van der Waals surface area contributed by atoms with Gasteiger partial charge >= 0.3 is 0 Å². The van der Waals surface area contributed by atoms with E-state index in [2.05, 4.69) is 15.6 Å². The number of para-hydroxylation sites is 1. The summed E-state index contributed by atoms with van der Waals surface area (Å²) in [5, 5.41) is 9.07. The molecular formula is C24H26ClN5O3S. The van der Waals surface area contributed by atoms with Gasteiger partial charge in [-0.05, 0) is 30.3 Å². The van der Waals surface area contributed by atoms with E-state index in [1.807, 2.05) is 47.4 Å². The molecule has 0 saturated carbocycles. The molecule has 34 heavy (non-hydrogen) atoms. The van der Waals surface area contributed by atoms with Crippen molar-refractivity contribution in [1.82, 2.24) is 20.1 Å². The van der Waals surface area contributed by atoms with Crippen LogP contribution in [0.1, 0.15) is 10.5 Å². The number of amides is 2. The van der Waals surface area contributed by atoms with E-state index in [1.54, 1.807) is 22.4 Å². The minimum absolute atomic E-state index is 0.0485. The fourth-order valence-corrected chi connectivity index (χ4v) is 4.42. The lowest BCUT2D eigenvalue weighted by Gasteiger charge is -2.33. The van der Waals surface area contributed by atoms with Crippen molar-refractivity contribution in [2.75, 3.05) is 51.2 Å². The quantitative estimate of drug-likeness (QED) is 0.438. The number of nitrogens with zero attached hydrogens (tertiary/aromatic N) is 3. The van der Waals surface area contributed by atoms with Crippen molar-refractivity contribution in [3.63, 3.8) is 0 Å². The standard InChI is InChI=1S/C24H26ClN5O3S/c25-18-5-4-6-19(15-18)27-24-28-21(17-34-24)23(32)30-12-10-29(11-13-30)16-22(31)26-9-14-33-20-7-2-1-3-8-20/h1-8,15,17H,9-14,16H2,(H,26,31)(H,27,28). The maximum Gasteiger partial charge on any atom is 0.273 e. The van der Waals surface area contributed by atoms with Crippen molar-refractivity contribution < 1.29 is 14.3 Å². The van der Waals surface area contributed by atoms with Gasteiger partial charge in [-0.3, -0.25) is 14.5 Å². The van der Waals surface area contributed by atoms with Crippen LogP contribution in [0.4, 0.5) is 10.8 Å². The monoisotopic (exact) mass is 499 g/mol. The van der Waals surface area contributed by atoms with Gasteiger partial charge in [0.1, 0.15) is 18.1 Å². The Morgan fingerprint density at radius 1 is 1.06 bits per heavy atom. The first-order chi connectivity index (χ1) is 16.6. The Morgan fingerprint density at radius 3 is 2.62 bits per heavy atom. The molecule has 1 aliphatic heterocycles. The van der Waals surface area contributed by atoms with Crippen molar-refractivity contribution in [3.8, 4) is 5.75 Å². The number of aromatic nitrogens is 1. The molecule has 0 radical (unpaired) electrons. The van der Waals surface area contributed by atoms with Crippen LogP contribution in [-0.4, -0.2) is 72.5 Å². The number of halogens is 1. The van der Waals surface area contributed by atoms with Crippen LogP contribution >= 0.6 is 22.9 Å². The molecule has 2 heterocycles. The molecule has 4 rings (SSSR count). The number of benzene rings is 2. The van der Waals surface area contributed by atoms with Crippen LogP contribution in [0.25, 0.3) is 0 Å². The Bertz CT molecular complexity index is 1100. The second kappa shape index (κ2) is 11.8. The molecule has 0 bridgehead atoms. The number of rotatable bonds is 9. The van der Waals surface area contributed by atoms with Gasteiger partial charge < -0.3 is 20.3 Å². The van der Waals surface area contributed by atoms with Crippen molar-refractivity contribution in [2.24, 2.45) is 0 Å². The molecule has 1 fully saturated rings. The van der Waals surface area contributed by atoms with Crippen LogP contribution in [0.5, 0.6) is 5.75 Å². The van der Waals surface area contributed by atoms with Crippen LogP contribution in [-0.2, 0) is 4.79 Å². The number of carbonyl (C=O) groups is 2. The smallest absolute Gasteiger partial charge is 0.273 e. The average molecular weight is 500 g/mol. The fraction of sp³-hybridized carbons (Fsp3) is 0.292. The average Bonchev–Trinajstić information content (AvgIpc) is 3.31. The van der Waals surface area contributed by atoms with E-state index in [0.717, 1.165) is 11.4 Å². The number of carbonyl (C=O) groups excluding carboxylic acids is 2. The predicted octanol–water partition coefficient (Wildman–Crippen LogP) is 3.49. The lowest BCUT2D eigenvalue weighted by molar-refractivity contribution is -0.122. The summed E-state index contributed by atoms with van der Waals surface area (Å²) in [5.74, 6) is 0.634. The van der Waals surface area contributed by atoms with Gasteiger partial charge in [-0.25, -0.2) is 4.98 Å². The van der Waals surface area contributed by atoms with Crippen LogP contribution in [0, 0.1) is 0 Å². The van der Waals surface area contributed by atoms with Crippen molar-refractivity contribution in [3.05, 3.63) is 70.7 Å². The lowest BCUT2D eigenvalue weighted by Crippen LogP contribution is -2.51. The third kappa shape index (κ3) is 6.93. The van der Waals surface area contributed by atoms with Gasteiger partial charge in [0.15, 0.2) is 5.13 Å². The molecule has 3 aromatic rings. The minimum atomic E-state index is -0.0995. The first kappa shape index (κ1) is 24.0. The highest BCUT2D eigenvalue weighted by atomic mass is 35.5. The molecule has 0 unspecified atom stereocenters. The minimum Gasteiger partial charge on any atom is -0.492 e. The number of ether oxygens (including phenoxy) is 1. The zero-order valence-electron chi connectivity index (χ0n) is 18.6. The second-order valence-electron chi connectivity index (χ2n) is 7.75. The number of piperazine rings is 1. The molecule has 2 amide bonds. The predicted molar refractivity (Wildman–Crippen MR) is 134 cm³/mol. The van der Waals surface area contributed by atoms with Gasteiger partial charge in [-0.2, -0.15) is 0 Å². The molecule has 10 heteroatoms. The second-order valence-corrected chi connectivity index (χ2v) is 9.05. The van der Waals surface area contributed by atoms with E-state index in [9.17, 15) is 9.59 Å². The van der Waals surface area contributed by atoms with Gasteiger partial charge in [-0.1, -0.05) is 35.9 Å². The van der Waals surface area contributed by atoms with E-state index in [1.165, 1.54) is 11.3 Å². The van der Waals surface area contributed by atoms with E-state index >= 15 is 0 Å². The topological polar surface area (TPSA) is 86.8 Å². The highest BCUT2D eigenvalue weighted by molar-refractivity contribution is 7.14. The maximum absolute atomic E-state index is 12.8. The number of hydrogen-bond acceptors (Lipinski definition) is 7. The maximum atomic E-state index is 12.8. The molecule has 2 N–H and O–H groups in total. The highest BCUT2D eigenvalue weighted by Gasteiger charge is 2.24. The summed E-state index contributed by atoms with van der Waals surface area (Å²) in [6.45, 7) is 3.55. The van der Waals surface area contributed by atoms with E-state index < -0.39 is 0 Å². The summed E-state index contributed by atoms with van der Waals surface area (Å²) in [6, 6.07) is 16.8. The summed E-state index contributed by atoms with van der Waals surface area (Å²) in [7, 11) is 0. The molecule has 0 atom stereocenters.